The van der Waals surface area contributed by atoms with Gasteiger partial charge in [0.15, 0.2) is 5.78 Å². The third kappa shape index (κ3) is 4.79. The molecule has 1 aromatic carbocycles. The van der Waals surface area contributed by atoms with Crippen LogP contribution >= 0.6 is 0 Å². The van der Waals surface area contributed by atoms with Gasteiger partial charge in [-0.05, 0) is 37.8 Å². The van der Waals surface area contributed by atoms with Crippen molar-refractivity contribution < 1.29 is 22.8 Å². The van der Waals surface area contributed by atoms with Crippen molar-refractivity contribution in [1.29, 1.82) is 0 Å². The Labute approximate surface area is 185 Å². The lowest BCUT2D eigenvalue weighted by Gasteiger charge is -2.38. The average molecular weight is 445 g/mol. The van der Waals surface area contributed by atoms with Gasteiger partial charge in [0, 0.05) is 43.9 Å². The number of ketones is 1. The van der Waals surface area contributed by atoms with Crippen molar-refractivity contribution in [2.75, 3.05) is 31.1 Å². The second kappa shape index (κ2) is 9.30. The summed E-state index contributed by atoms with van der Waals surface area (Å²) in [5, 5.41) is 0. The minimum atomic E-state index is -4.49. The van der Waals surface area contributed by atoms with Gasteiger partial charge in [-0.3, -0.25) is 9.59 Å². The first kappa shape index (κ1) is 22.3. The number of anilines is 1. The molecule has 5 nitrogen and oxygen atoms in total. The third-order valence-electron chi connectivity index (χ3n) is 6.40. The van der Waals surface area contributed by atoms with Crippen molar-refractivity contribution in [2.24, 2.45) is 11.8 Å². The molecule has 2 saturated heterocycles. The number of hydrogen-bond donors (Lipinski definition) is 0. The third-order valence-corrected chi connectivity index (χ3v) is 6.40. The number of carbonyl (C=O) groups is 2. The largest absolute Gasteiger partial charge is 0.419 e. The number of pyridine rings is 1. The SMILES string of the molecule is O=C(c1ccccc1)C1CCN(C(=O)C2CCCN(c3ncccc3C(F)(F)F)C2)CC1. The van der Waals surface area contributed by atoms with E-state index < -0.39 is 11.7 Å². The number of aromatic nitrogens is 1. The van der Waals surface area contributed by atoms with Crippen LogP contribution in [0.3, 0.4) is 0 Å². The fourth-order valence-electron chi connectivity index (χ4n) is 4.70. The number of rotatable bonds is 4. The summed E-state index contributed by atoms with van der Waals surface area (Å²) in [5.41, 5.74) is -0.0793. The number of Topliss-reactive ketones (excluding diaryl/α,β-unsaturated/α-hetero) is 1. The zero-order chi connectivity index (χ0) is 22.7. The number of hydrogen-bond acceptors (Lipinski definition) is 4. The van der Waals surface area contributed by atoms with Gasteiger partial charge in [-0.15, -0.1) is 0 Å². The topological polar surface area (TPSA) is 53.5 Å². The van der Waals surface area contributed by atoms with Gasteiger partial charge < -0.3 is 9.80 Å². The number of likely N-dealkylation sites (tertiary alicyclic amines) is 1. The normalized spacial score (nSPS) is 20.3. The Balaban J connectivity index is 1.38. The van der Waals surface area contributed by atoms with Crippen LogP contribution in [0.5, 0.6) is 0 Å². The average Bonchev–Trinajstić information content (AvgIpc) is 2.83. The van der Waals surface area contributed by atoms with Crippen molar-refractivity contribution in [3.05, 3.63) is 59.8 Å². The van der Waals surface area contributed by atoms with E-state index in [-0.39, 0.29) is 35.9 Å². The smallest absolute Gasteiger partial charge is 0.355 e. The summed E-state index contributed by atoms with van der Waals surface area (Å²) in [5.74, 6) is -0.508. The van der Waals surface area contributed by atoms with Crippen molar-refractivity contribution >= 4 is 17.5 Å². The summed E-state index contributed by atoms with van der Waals surface area (Å²) in [6.07, 6.45) is -0.652. The molecule has 0 bridgehead atoms. The van der Waals surface area contributed by atoms with Crippen molar-refractivity contribution in [3.8, 4) is 0 Å². The molecule has 2 fully saturated rings. The zero-order valence-electron chi connectivity index (χ0n) is 17.7. The van der Waals surface area contributed by atoms with Gasteiger partial charge in [0.2, 0.25) is 5.91 Å². The molecule has 2 aliphatic heterocycles. The monoisotopic (exact) mass is 445 g/mol. The molecule has 1 amide bonds. The van der Waals surface area contributed by atoms with Gasteiger partial charge >= 0.3 is 6.18 Å². The second-order valence-electron chi connectivity index (χ2n) is 8.49. The fraction of sp³-hybridized carbons (Fsp3) is 0.458. The number of alkyl halides is 3. The van der Waals surface area contributed by atoms with E-state index in [9.17, 15) is 22.8 Å². The Morgan fingerprint density at radius 2 is 1.62 bits per heavy atom. The first-order valence-corrected chi connectivity index (χ1v) is 11.0. The highest BCUT2D eigenvalue weighted by Gasteiger charge is 2.38. The molecule has 170 valence electrons. The number of nitrogens with zero attached hydrogens (tertiary/aromatic N) is 3. The van der Waals surface area contributed by atoms with E-state index in [1.54, 1.807) is 9.80 Å². The summed E-state index contributed by atoms with van der Waals surface area (Å²) in [4.78, 5) is 33.1. The number of benzene rings is 1. The number of halogens is 3. The molecule has 0 radical (unpaired) electrons. The van der Waals surface area contributed by atoms with Gasteiger partial charge in [0.25, 0.3) is 0 Å². The van der Waals surface area contributed by atoms with Crippen LogP contribution < -0.4 is 4.90 Å². The van der Waals surface area contributed by atoms with Gasteiger partial charge in [-0.1, -0.05) is 30.3 Å². The van der Waals surface area contributed by atoms with Crippen LogP contribution in [0.25, 0.3) is 0 Å². The molecule has 4 rings (SSSR count). The highest BCUT2D eigenvalue weighted by molar-refractivity contribution is 5.98. The molecule has 1 unspecified atom stereocenters. The van der Waals surface area contributed by atoms with E-state index >= 15 is 0 Å². The fourth-order valence-corrected chi connectivity index (χ4v) is 4.70. The standard InChI is InChI=1S/C24H26F3N3O2/c25-24(26,27)20-9-4-12-28-22(20)30-13-5-8-19(16-30)23(32)29-14-10-18(11-15-29)21(31)17-6-2-1-3-7-17/h1-4,6-7,9,12,18-19H,5,8,10-11,13-16H2. The van der Waals surface area contributed by atoms with E-state index in [1.807, 2.05) is 30.3 Å². The lowest BCUT2D eigenvalue weighted by molar-refractivity contribution is -0.137. The Bertz CT molecular complexity index is 956. The van der Waals surface area contributed by atoms with Gasteiger partial charge in [-0.25, -0.2) is 4.98 Å². The lowest BCUT2D eigenvalue weighted by Crippen LogP contribution is -2.48. The van der Waals surface area contributed by atoms with Crippen LogP contribution in [0, 0.1) is 11.8 Å². The second-order valence-corrected chi connectivity index (χ2v) is 8.49. The minimum Gasteiger partial charge on any atom is -0.355 e. The molecular formula is C24H26F3N3O2. The quantitative estimate of drug-likeness (QED) is 0.653. The highest BCUT2D eigenvalue weighted by atomic mass is 19.4. The van der Waals surface area contributed by atoms with E-state index in [0.29, 0.717) is 50.9 Å². The van der Waals surface area contributed by atoms with Crippen molar-refractivity contribution in [2.45, 2.75) is 31.9 Å². The molecule has 32 heavy (non-hydrogen) atoms. The predicted octanol–water partition coefficient (Wildman–Crippen LogP) is 4.44. The molecule has 1 atom stereocenters. The summed E-state index contributed by atoms with van der Waals surface area (Å²) in [7, 11) is 0. The highest BCUT2D eigenvalue weighted by Crippen LogP contribution is 2.36. The predicted molar refractivity (Wildman–Crippen MR) is 114 cm³/mol. The number of piperidine rings is 2. The number of amides is 1. The summed E-state index contributed by atoms with van der Waals surface area (Å²) < 4.78 is 40.2. The van der Waals surface area contributed by atoms with Crippen LogP contribution in [-0.4, -0.2) is 47.8 Å². The Kier molecular flexibility index (Phi) is 6.48. The molecule has 0 saturated carbocycles. The zero-order valence-corrected chi connectivity index (χ0v) is 17.7. The molecular weight excluding hydrogens is 419 g/mol. The molecule has 2 aromatic rings. The van der Waals surface area contributed by atoms with Crippen LogP contribution in [0.1, 0.15) is 41.6 Å². The maximum absolute atomic E-state index is 13.4. The molecule has 0 N–H and O–H groups in total. The van der Waals surface area contributed by atoms with Crippen molar-refractivity contribution in [3.63, 3.8) is 0 Å². The molecule has 2 aliphatic rings. The lowest BCUT2D eigenvalue weighted by atomic mass is 9.88. The van der Waals surface area contributed by atoms with E-state index in [2.05, 4.69) is 4.98 Å². The van der Waals surface area contributed by atoms with Crippen LogP contribution in [0.15, 0.2) is 48.7 Å². The molecule has 3 heterocycles. The first-order valence-electron chi connectivity index (χ1n) is 11.0. The van der Waals surface area contributed by atoms with E-state index in [1.165, 1.54) is 12.3 Å². The molecule has 0 aliphatic carbocycles. The molecule has 1 aromatic heterocycles. The summed E-state index contributed by atoms with van der Waals surface area (Å²) in [6, 6.07) is 11.5. The summed E-state index contributed by atoms with van der Waals surface area (Å²) >= 11 is 0. The Hall–Kier alpha value is -2.90. The Morgan fingerprint density at radius 3 is 2.31 bits per heavy atom. The van der Waals surface area contributed by atoms with E-state index in [4.69, 9.17) is 0 Å². The first-order chi connectivity index (χ1) is 15.3. The van der Waals surface area contributed by atoms with Crippen LogP contribution in [-0.2, 0) is 11.0 Å². The van der Waals surface area contributed by atoms with Crippen LogP contribution in [0.2, 0.25) is 0 Å². The number of carbonyl (C=O) groups excluding carboxylic acids is 2. The maximum atomic E-state index is 13.4. The van der Waals surface area contributed by atoms with Crippen molar-refractivity contribution in [1.82, 2.24) is 9.88 Å². The van der Waals surface area contributed by atoms with Gasteiger partial charge in [-0.2, -0.15) is 13.2 Å². The van der Waals surface area contributed by atoms with Gasteiger partial charge in [0.05, 0.1) is 11.5 Å². The minimum absolute atomic E-state index is 0.0372. The molecule has 0 spiro atoms. The van der Waals surface area contributed by atoms with E-state index in [0.717, 1.165) is 6.07 Å². The van der Waals surface area contributed by atoms with Crippen LogP contribution in [0.4, 0.5) is 19.0 Å². The Morgan fingerprint density at radius 1 is 0.906 bits per heavy atom. The maximum Gasteiger partial charge on any atom is 0.419 e. The summed E-state index contributed by atoms with van der Waals surface area (Å²) in [6.45, 7) is 1.66. The molecule has 8 heteroatoms. The van der Waals surface area contributed by atoms with Gasteiger partial charge in [0.1, 0.15) is 5.82 Å².